The normalized spacial score (nSPS) is 16.0. The molecule has 0 aromatic carbocycles. The zero-order valence-electron chi connectivity index (χ0n) is 18.5. The average Bonchev–Trinajstić information content (AvgIpc) is 3.53. The molecule has 10 heteroatoms. The van der Waals surface area contributed by atoms with E-state index >= 15 is 0 Å². The molecule has 1 fully saturated rings. The van der Waals surface area contributed by atoms with E-state index in [4.69, 9.17) is 5.10 Å². The Morgan fingerprint density at radius 1 is 1.03 bits per heavy atom. The second-order valence-corrected chi connectivity index (χ2v) is 9.14. The van der Waals surface area contributed by atoms with Gasteiger partial charge in [0.1, 0.15) is 0 Å². The van der Waals surface area contributed by atoms with E-state index in [2.05, 4.69) is 19.8 Å². The molecule has 0 N–H and O–H groups in total. The van der Waals surface area contributed by atoms with E-state index in [1.807, 2.05) is 21.8 Å². The third kappa shape index (κ3) is 4.66. The molecule has 0 bridgehead atoms. The molecule has 0 unspecified atom stereocenters. The lowest BCUT2D eigenvalue weighted by molar-refractivity contribution is 0.0695. The highest BCUT2D eigenvalue weighted by Crippen LogP contribution is 2.26. The number of pyridine rings is 1. The van der Waals surface area contributed by atoms with E-state index in [0.717, 1.165) is 74.7 Å². The second-order valence-electron chi connectivity index (χ2n) is 8.58. The fraction of sp³-hybridized carbons (Fsp3) is 0.478. The molecule has 0 aliphatic carbocycles. The highest BCUT2D eigenvalue weighted by atomic mass is 32.1. The molecule has 2 aliphatic heterocycles. The number of carbonyl (C=O) groups excluding carboxylic acids is 2. The zero-order chi connectivity index (χ0) is 22.6. The van der Waals surface area contributed by atoms with Gasteiger partial charge in [-0.05, 0) is 43.7 Å². The zero-order valence-corrected chi connectivity index (χ0v) is 19.3. The minimum Gasteiger partial charge on any atom is -0.337 e. The van der Waals surface area contributed by atoms with Crippen molar-refractivity contribution in [3.05, 3.63) is 58.9 Å². The van der Waals surface area contributed by atoms with Gasteiger partial charge in [-0.25, -0.2) is 0 Å². The molecule has 33 heavy (non-hydrogen) atoms. The molecule has 2 aliphatic rings. The van der Waals surface area contributed by atoms with Gasteiger partial charge in [-0.1, -0.05) is 6.07 Å². The van der Waals surface area contributed by atoms with Gasteiger partial charge in [0, 0.05) is 56.3 Å². The van der Waals surface area contributed by atoms with E-state index < -0.39 is 0 Å². The van der Waals surface area contributed by atoms with Crippen LogP contribution in [0.2, 0.25) is 0 Å². The molecule has 1 saturated heterocycles. The van der Waals surface area contributed by atoms with Crippen molar-refractivity contribution in [1.29, 1.82) is 0 Å². The molecular weight excluding hydrogens is 438 g/mol. The van der Waals surface area contributed by atoms with Gasteiger partial charge < -0.3 is 9.80 Å². The highest BCUT2D eigenvalue weighted by molar-refractivity contribution is 6.99. The summed E-state index contributed by atoms with van der Waals surface area (Å²) in [4.78, 5) is 34.2. The Balaban J connectivity index is 1.38. The van der Waals surface area contributed by atoms with E-state index in [9.17, 15) is 9.59 Å². The van der Waals surface area contributed by atoms with E-state index in [1.165, 1.54) is 11.8 Å². The molecule has 9 nitrogen and oxygen atoms in total. The van der Waals surface area contributed by atoms with Crippen molar-refractivity contribution >= 4 is 23.5 Å². The Kier molecular flexibility index (Phi) is 6.43. The maximum Gasteiger partial charge on any atom is 0.275 e. The van der Waals surface area contributed by atoms with Gasteiger partial charge in [0.2, 0.25) is 0 Å². The van der Waals surface area contributed by atoms with Crippen LogP contribution in [0.15, 0.2) is 30.7 Å². The molecule has 0 saturated carbocycles. The van der Waals surface area contributed by atoms with Crippen LogP contribution in [0.5, 0.6) is 0 Å². The summed E-state index contributed by atoms with van der Waals surface area (Å²) >= 11 is 1.03. The van der Waals surface area contributed by atoms with Gasteiger partial charge in [0.05, 0.1) is 24.5 Å². The monoisotopic (exact) mass is 465 g/mol. The number of aromatic nitrogens is 5. The maximum absolute atomic E-state index is 13.4. The highest BCUT2D eigenvalue weighted by Gasteiger charge is 2.33. The molecule has 2 amide bonds. The van der Waals surface area contributed by atoms with Crippen LogP contribution >= 0.6 is 11.7 Å². The van der Waals surface area contributed by atoms with Crippen LogP contribution in [0.4, 0.5) is 0 Å². The summed E-state index contributed by atoms with van der Waals surface area (Å²) in [5.74, 6) is -0.156. The lowest BCUT2D eigenvalue weighted by atomic mass is 10.0. The Bertz CT molecular complexity index is 1110. The third-order valence-corrected chi connectivity index (χ3v) is 6.88. The molecule has 5 heterocycles. The van der Waals surface area contributed by atoms with Crippen molar-refractivity contribution in [3.63, 3.8) is 0 Å². The first-order chi connectivity index (χ1) is 16.2. The number of carbonyl (C=O) groups is 2. The first-order valence-corrected chi connectivity index (χ1v) is 12.3. The molecule has 3 aromatic rings. The summed E-state index contributed by atoms with van der Waals surface area (Å²) in [7, 11) is 0. The predicted octanol–water partition coefficient (Wildman–Crippen LogP) is 2.59. The second kappa shape index (κ2) is 9.78. The summed E-state index contributed by atoms with van der Waals surface area (Å²) in [6, 6.07) is 4.03. The van der Waals surface area contributed by atoms with Crippen molar-refractivity contribution in [1.82, 2.24) is 33.3 Å². The van der Waals surface area contributed by atoms with Crippen LogP contribution in [0.25, 0.3) is 0 Å². The summed E-state index contributed by atoms with van der Waals surface area (Å²) in [6.07, 6.45) is 10.9. The molecule has 3 aromatic heterocycles. The molecular formula is C23H27N7O2S. The van der Waals surface area contributed by atoms with Crippen molar-refractivity contribution in [2.45, 2.75) is 51.6 Å². The average molecular weight is 466 g/mol. The van der Waals surface area contributed by atoms with Crippen LogP contribution in [-0.2, 0) is 25.9 Å². The number of piperidine rings is 1. The molecule has 0 atom stereocenters. The topological polar surface area (TPSA) is 97.1 Å². The van der Waals surface area contributed by atoms with Crippen LogP contribution in [0, 0.1) is 0 Å². The smallest absolute Gasteiger partial charge is 0.275 e. The summed E-state index contributed by atoms with van der Waals surface area (Å²) in [5, 5.41) is 4.80. The van der Waals surface area contributed by atoms with Crippen molar-refractivity contribution in [2.75, 3.05) is 19.6 Å². The van der Waals surface area contributed by atoms with Crippen LogP contribution in [0.3, 0.4) is 0 Å². The van der Waals surface area contributed by atoms with Gasteiger partial charge in [-0.15, -0.1) is 0 Å². The fourth-order valence-corrected chi connectivity index (χ4v) is 5.07. The first kappa shape index (κ1) is 21.7. The van der Waals surface area contributed by atoms with Gasteiger partial charge in [0.25, 0.3) is 11.8 Å². The van der Waals surface area contributed by atoms with E-state index in [-0.39, 0.29) is 11.8 Å². The summed E-state index contributed by atoms with van der Waals surface area (Å²) in [5.41, 5.74) is 4.01. The van der Waals surface area contributed by atoms with E-state index in [0.29, 0.717) is 30.9 Å². The van der Waals surface area contributed by atoms with Crippen LogP contribution < -0.4 is 0 Å². The Hall–Kier alpha value is -3.14. The quantitative estimate of drug-likeness (QED) is 0.555. The molecule has 172 valence electrons. The van der Waals surface area contributed by atoms with Gasteiger partial charge in [-0.3, -0.25) is 19.3 Å². The predicted molar refractivity (Wildman–Crippen MR) is 123 cm³/mol. The number of hydrogen-bond acceptors (Lipinski definition) is 7. The van der Waals surface area contributed by atoms with Crippen molar-refractivity contribution in [2.24, 2.45) is 0 Å². The molecule has 0 spiro atoms. The standard InChI is InChI=1S/C23H27N7O2S/c31-22(19-15-25-33-27-19)29-13-8-20-18(16-29)21(23(32)28-10-2-1-3-11-28)26-30(20)12-5-7-17-6-4-9-24-14-17/h4,6,9,14-15H,1-3,5,7-8,10-13,16H2. The summed E-state index contributed by atoms with van der Waals surface area (Å²) in [6.45, 7) is 3.23. The SMILES string of the molecule is O=C(c1cnsn1)N1CCc2c(c(C(=O)N3CCCCC3)nn2CCCc2cccnc2)C1. The fourth-order valence-electron chi connectivity index (χ4n) is 4.67. The number of rotatable bonds is 6. The minimum atomic E-state index is -0.143. The number of amides is 2. The first-order valence-electron chi connectivity index (χ1n) is 11.5. The van der Waals surface area contributed by atoms with Crippen molar-refractivity contribution < 1.29 is 9.59 Å². The number of fused-ring (bicyclic) bond motifs is 1. The third-order valence-electron chi connectivity index (χ3n) is 6.41. The van der Waals surface area contributed by atoms with Crippen LogP contribution in [-0.4, -0.2) is 64.8 Å². The van der Waals surface area contributed by atoms with E-state index in [1.54, 1.807) is 11.1 Å². The summed E-state index contributed by atoms with van der Waals surface area (Å²) < 4.78 is 10.0. The van der Waals surface area contributed by atoms with Gasteiger partial charge in [-0.2, -0.15) is 13.8 Å². The number of aryl methyl sites for hydroxylation is 2. The Morgan fingerprint density at radius 2 is 1.91 bits per heavy atom. The number of hydrogen-bond donors (Lipinski definition) is 0. The number of nitrogens with zero attached hydrogens (tertiary/aromatic N) is 7. The molecule has 5 rings (SSSR count). The van der Waals surface area contributed by atoms with Crippen LogP contribution in [0.1, 0.15) is 63.5 Å². The van der Waals surface area contributed by atoms with Gasteiger partial charge in [0.15, 0.2) is 11.4 Å². The Labute approximate surface area is 196 Å². The molecule has 0 radical (unpaired) electrons. The number of likely N-dealkylation sites (tertiary alicyclic amines) is 1. The Morgan fingerprint density at radius 3 is 2.67 bits per heavy atom. The maximum atomic E-state index is 13.4. The largest absolute Gasteiger partial charge is 0.337 e. The lowest BCUT2D eigenvalue weighted by Crippen LogP contribution is -2.39. The lowest BCUT2D eigenvalue weighted by Gasteiger charge is -2.29. The van der Waals surface area contributed by atoms with Crippen molar-refractivity contribution in [3.8, 4) is 0 Å². The minimum absolute atomic E-state index is 0.0124. The van der Waals surface area contributed by atoms with Gasteiger partial charge >= 0.3 is 0 Å².